The van der Waals surface area contributed by atoms with Gasteiger partial charge in [-0.05, 0) is 18.2 Å². The molecule has 5 nitrogen and oxygen atoms in total. The number of carbonyl (C=O) groups excluding carboxylic acids is 1. The molecule has 0 atom stereocenters. The highest BCUT2D eigenvalue weighted by Crippen LogP contribution is 2.30. The van der Waals surface area contributed by atoms with Crippen molar-refractivity contribution in [2.45, 2.75) is 0 Å². The highest BCUT2D eigenvalue weighted by atomic mass is 35.5. The predicted molar refractivity (Wildman–Crippen MR) is 92.0 cm³/mol. The Morgan fingerprint density at radius 1 is 1.17 bits per heavy atom. The van der Waals surface area contributed by atoms with Gasteiger partial charge in [-0.1, -0.05) is 41.9 Å². The quantitative estimate of drug-likeness (QED) is 0.586. The molecular weight excluding hydrogens is 312 g/mol. The van der Waals surface area contributed by atoms with E-state index in [9.17, 15) is 4.79 Å². The number of nitrogens with zero attached hydrogens (tertiary/aromatic N) is 2. The lowest BCUT2D eigenvalue weighted by Gasteiger charge is -2.04. The molecule has 2 aromatic heterocycles. The van der Waals surface area contributed by atoms with Crippen molar-refractivity contribution in [2.75, 3.05) is 5.32 Å². The Morgan fingerprint density at radius 3 is 2.70 bits per heavy atom. The summed E-state index contributed by atoms with van der Waals surface area (Å²) in [6.45, 7) is 0. The minimum Gasteiger partial charge on any atom is -0.338 e. The number of para-hydroxylation sites is 3. The summed E-state index contributed by atoms with van der Waals surface area (Å²) < 4.78 is 1.79. The van der Waals surface area contributed by atoms with Crippen LogP contribution in [0.5, 0.6) is 0 Å². The van der Waals surface area contributed by atoms with Crippen LogP contribution in [0.25, 0.3) is 21.9 Å². The van der Waals surface area contributed by atoms with Gasteiger partial charge in [-0.15, -0.1) is 0 Å². The van der Waals surface area contributed by atoms with Crippen LogP contribution >= 0.6 is 11.6 Å². The molecule has 0 aliphatic heterocycles. The predicted octanol–water partition coefficient (Wildman–Crippen LogP) is 3.96. The van der Waals surface area contributed by atoms with Gasteiger partial charge in [-0.2, -0.15) is 0 Å². The number of H-pyrrole nitrogens is 1. The second-order valence-electron chi connectivity index (χ2n) is 5.30. The molecule has 0 radical (unpaired) electrons. The van der Waals surface area contributed by atoms with Crippen LogP contribution < -0.4 is 5.32 Å². The number of halogens is 1. The minimum absolute atomic E-state index is 0.298. The summed E-state index contributed by atoms with van der Waals surface area (Å²) in [5, 5.41) is 4.07. The number of hydrogen-bond donors (Lipinski definition) is 2. The smallest absolute Gasteiger partial charge is 0.276 e. The lowest BCUT2D eigenvalue weighted by atomic mass is 10.2. The standard InChI is InChI=1S/C17H13ClN4O/c1-22-13-9-5-2-6-10(13)14(18)15(22)16(23)21-17-19-11-7-3-4-8-12(11)20-17/h2-9H,1H3,(H2,19,20,21,23). The van der Waals surface area contributed by atoms with Crippen molar-refractivity contribution in [3.05, 3.63) is 59.2 Å². The number of aromatic amines is 1. The Bertz CT molecular complexity index is 975. The molecule has 4 rings (SSSR count). The summed E-state index contributed by atoms with van der Waals surface area (Å²) in [4.78, 5) is 20.1. The first kappa shape index (κ1) is 13.8. The van der Waals surface area contributed by atoms with Gasteiger partial charge in [0, 0.05) is 18.0 Å². The molecular formula is C17H13ClN4O. The summed E-state index contributed by atoms with van der Waals surface area (Å²) >= 11 is 6.39. The number of benzene rings is 2. The molecule has 0 saturated carbocycles. The van der Waals surface area contributed by atoms with E-state index in [0.717, 1.165) is 21.9 Å². The molecule has 2 heterocycles. The molecule has 1 amide bonds. The number of aromatic nitrogens is 3. The molecule has 0 unspecified atom stereocenters. The van der Waals surface area contributed by atoms with E-state index in [1.54, 1.807) is 4.57 Å². The minimum atomic E-state index is -0.298. The second kappa shape index (κ2) is 5.14. The van der Waals surface area contributed by atoms with Crippen molar-refractivity contribution in [3.8, 4) is 0 Å². The maximum atomic E-state index is 12.6. The van der Waals surface area contributed by atoms with Gasteiger partial charge in [-0.25, -0.2) is 4.98 Å². The van der Waals surface area contributed by atoms with E-state index in [-0.39, 0.29) is 5.91 Å². The van der Waals surface area contributed by atoms with Crippen LogP contribution in [0.1, 0.15) is 10.5 Å². The highest BCUT2D eigenvalue weighted by Gasteiger charge is 2.20. The van der Waals surface area contributed by atoms with Gasteiger partial charge in [0.2, 0.25) is 5.95 Å². The summed E-state index contributed by atoms with van der Waals surface area (Å²) in [6.07, 6.45) is 0. The van der Waals surface area contributed by atoms with Gasteiger partial charge in [-0.3, -0.25) is 10.1 Å². The van der Waals surface area contributed by atoms with E-state index in [0.29, 0.717) is 16.7 Å². The van der Waals surface area contributed by atoms with Crippen LogP contribution in [-0.2, 0) is 7.05 Å². The molecule has 0 bridgehead atoms. The normalized spacial score (nSPS) is 11.2. The molecule has 23 heavy (non-hydrogen) atoms. The van der Waals surface area contributed by atoms with Gasteiger partial charge >= 0.3 is 0 Å². The fourth-order valence-electron chi connectivity index (χ4n) is 2.78. The summed E-state index contributed by atoms with van der Waals surface area (Å²) in [6, 6.07) is 15.2. The van der Waals surface area contributed by atoms with Crippen LogP contribution in [-0.4, -0.2) is 20.4 Å². The van der Waals surface area contributed by atoms with E-state index in [4.69, 9.17) is 11.6 Å². The lowest BCUT2D eigenvalue weighted by molar-refractivity contribution is 0.101. The Hall–Kier alpha value is -2.79. The van der Waals surface area contributed by atoms with E-state index < -0.39 is 0 Å². The SMILES string of the molecule is Cn1c(C(=O)Nc2nc3ccccc3[nH]2)c(Cl)c2ccccc21. The van der Waals surface area contributed by atoms with E-state index >= 15 is 0 Å². The third kappa shape index (κ3) is 2.17. The Labute approximate surface area is 136 Å². The van der Waals surface area contributed by atoms with Gasteiger partial charge in [0.15, 0.2) is 0 Å². The van der Waals surface area contributed by atoms with Crippen molar-refractivity contribution in [1.82, 2.24) is 14.5 Å². The van der Waals surface area contributed by atoms with Crippen LogP contribution in [0.4, 0.5) is 5.95 Å². The van der Waals surface area contributed by atoms with E-state index in [2.05, 4.69) is 15.3 Å². The Kier molecular flexibility index (Phi) is 3.09. The topological polar surface area (TPSA) is 62.7 Å². The fourth-order valence-corrected chi connectivity index (χ4v) is 3.15. The number of amides is 1. The number of anilines is 1. The molecule has 2 N–H and O–H groups in total. The van der Waals surface area contributed by atoms with Crippen molar-refractivity contribution < 1.29 is 4.79 Å². The molecule has 114 valence electrons. The van der Waals surface area contributed by atoms with Crippen molar-refractivity contribution in [3.63, 3.8) is 0 Å². The Balaban J connectivity index is 1.74. The van der Waals surface area contributed by atoms with Gasteiger partial charge < -0.3 is 9.55 Å². The van der Waals surface area contributed by atoms with Gasteiger partial charge in [0.05, 0.1) is 16.1 Å². The van der Waals surface area contributed by atoms with Crippen molar-refractivity contribution in [2.24, 2.45) is 7.05 Å². The molecule has 6 heteroatoms. The largest absolute Gasteiger partial charge is 0.338 e. The first-order valence-corrected chi connectivity index (χ1v) is 7.52. The molecule has 0 spiro atoms. The van der Waals surface area contributed by atoms with E-state index in [1.807, 2.05) is 55.6 Å². The maximum Gasteiger partial charge on any atom is 0.276 e. The molecule has 0 aliphatic carbocycles. The molecule has 0 fully saturated rings. The summed E-state index contributed by atoms with van der Waals surface area (Å²) in [7, 11) is 1.82. The monoisotopic (exact) mass is 324 g/mol. The number of fused-ring (bicyclic) bond motifs is 2. The van der Waals surface area contributed by atoms with Crippen LogP contribution in [0, 0.1) is 0 Å². The Morgan fingerprint density at radius 2 is 1.91 bits per heavy atom. The van der Waals surface area contributed by atoms with Gasteiger partial charge in [0.1, 0.15) is 5.69 Å². The van der Waals surface area contributed by atoms with Crippen molar-refractivity contribution >= 4 is 45.4 Å². The van der Waals surface area contributed by atoms with Crippen LogP contribution in [0.15, 0.2) is 48.5 Å². The molecule has 4 aromatic rings. The first-order valence-electron chi connectivity index (χ1n) is 7.14. The number of carbonyl (C=O) groups is 1. The fraction of sp³-hybridized carbons (Fsp3) is 0.0588. The first-order chi connectivity index (χ1) is 11.1. The van der Waals surface area contributed by atoms with Crippen molar-refractivity contribution in [1.29, 1.82) is 0 Å². The number of aryl methyl sites for hydroxylation is 1. The second-order valence-corrected chi connectivity index (χ2v) is 5.67. The molecule has 2 aromatic carbocycles. The van der Waals surface area contributed by atoms with Gasteiger partial charge in [0.25, 0.3) is 5.91 Å². The summed E-state index contributed by atoms with van der Waals surface area (Å²) in [5.41, 5.74) is 2.98. The third-order valence-electron chi connectivity index (χ3n) is 3.88. The lowest BCUT2D eigenvalue weighted by Crippen LogP contribution is -2.16. The zero-order chi connectivity index (χ0) is 16.0. The maximum absolute atomic E-state index is 12.6. The number of rotatable bonds is 2. The van der Waals surface area contributed by atoms with Crippen LogP contribution in [0.3, 0.4) is 0 Å². The number of nitrogens with one attached hydrogen (secondary N) is 2. The highest BCUT2D eigenvalue weighted by molar-refractivity contribution is 6.39. The third-order valence-corrected chi connectivity index (χ3v) is 4.26. The van der Waals surface area contributed by atoms with Crippen LogP contribution in [0.2, 0.25) is 5.02 Å². The summed E-state index contributed by atoms with van der Waals surface area (Å²) in [5.74, 6) is 0.102. The van der Waals surface area contributed by atoms with E-state index in [1.165, 1.54) is 0 Å². The average molecular weight is 325 g/mol. The molecule has 0 aliphatic rings. The zero-order valence-corrected chi connectivity index (χ0v) is 13.1. The average Bonchev–Trinajstić information content (AvgIpc) is 3.07. The number of hydrogen-bond acceptors (Lipinski definition) is 2. The zero-order valence-electron chi connectivity index (χ0n) is 12.3. The number of imidazole rings is 1. The molecule has 0 saturated heterocycles.